The average Bonchev–Trinajstić information content (AvgIpc) is 3.04. The van der Waals surface area contributed by atoms with E-state index in [9.17, 15) is 22.8 Å². The van der Waals surface area contributed by atoms with E-state index in [1.165, 1.54) is 12.1 Å². The Morgan fingerprint density at radius 3 is 2.20 bits per heavy atom. The van der Waals surface area contributed by atoms with Crippen molar-refractivity contribution in [1.29, 1.82) is 0 Å². The standard InChI is InChI=1S/C37H37F3N4O2/c1-26-11-13-28(14-12-26)25-44(27(2)29-15-17-31(18-16-29)37(38,39)40)36(46)34-10-5-4-7-30(34)23-35(45)41-32-8-6-9-33(24-32)43-21-19-42(3)20-22-43/h4-18,24H,19-23,25H2,1-3H3/p+1. The van der Waals surface area contributed by atoms with Gasteiger partial charge in [-0.3, -0.25) is 4.79 Å². The zero-order chi connectivity index (χ0) is 32.8. The number of halogens is 3. The van der Waals surface area contributed by atoms with Crippen molar-refractivity contribution in [2.45, 2.75) is 33.0 Å². The first-order valence-corrected chi connectivity index (χ1v) is 15.3. The van der Waals surface area contributed by atoms with Gasteiger partial charge in [-0.2, -0.15) is 17.7 Å². The Morgan fingerprint density at radius 1 is 0.848 bits per heavy atom. The van der Waals surface area contributed by atoms with Crippen molar-refractivity contribution < 1.29 is 27.3 Å². The number of benzene rings is 4. The number of rotatable bonds is 8. The number of amides is 2. The number of aryl methyl sites for hydroxylation is 1. The van der Waals surface area contributed by atoms with E-state index in [-0.39, 0.29) is 24.8 Å². The quantitative estimate of drug-likeness (QED) is 0.172. The highest BCUT2D eigenvalue weighted by atomic mass is 19.4. The van der Waals surface area contributed by atoms with Crippen molar-refractivity contribution in [1.82, 2.24) is 4.90 Å². The first-order valence-electron chi connectivity index (χ1n) is 15.3. The number of hydrogen-bond acceptors (Lipinski definition) is 4. The summed E-state index contributed by atoms with van der Waals surface area (Å²) in [7, 11) is 2.10. The van der Waals surface area contributed by atoms with Gasteiger partial charge in [-0.05, 0) is 68.1 Å². The summed E-state index contributed by atoms with van der Waals surface area (Å²) in [6, 6.07) is 27.3. The van der Waals surface area contributed by atoms with Crippen molar-refractivity contribution in [2.75, 3.05) is 43.4 Å². The van der Waals surface area contributed by atoms with Crippen LogP contribution in [-0.4, -0.2) is 60.2 Å². The van der Waals surface area contributed by atoms with Crippen molar-refractivity contribution in [3.8, 4) is 0 Å². The maximum Gasteiger partial charge on any atom is 0.420 e. The van der Waals surface area contributed by atoms with E-state index < -0.39 is 11.7 Å². The number of carbonyl (C=O) groups is 2. The Hall–Kier alpha value is -4.76. The fourth-order valence-electron chi connectivity index (χ4n) is 5.53. The number of likely N-dealkylation sites (N-methyl/N-ethyl adjacent to an activating group) is 1. The highest BCUT2D eigenvalue weighted by Gasteiger charge is 2.31. The molecule has 0 aliphatic carbocycles. The van der Waals surface area contributed by atoms with Gasteiger partial charge in [-0.1, -0.05) is 54.1 Å². The maximum atomic E-state index is 14.2. The highest BCUT2D eigenvalue weighted by Crippen LogP contribution is 2.29. The molecule has 4 aromatic rings. The number of nitrogens with one attached hydrogen (secondary N) is 1. The van der Waals surface area contributed by atoms with Gasteiger partial charge in [-0.15, -0.1) is 0 Å². The molecule has 0 bridgehead atoms. The van der Waals surface area contributed by atoms with Crippen LogP contribution in [0, 0.1) is 6.92 Å². The molecule has 0 atom stereocenters. The van der Waals surface area contributed by atoms with Gasteiger partial charge in [0.25, 0.3) is 0 Å². The summed E-state index contributed by atoms with van der Waals surface area (Å²) in [5.74, 6) is -0.609. The molecule has 0 saturated carbocycles. The second-order valence-electron chi connectivity index (χ2n) is 11.8. The van der Waals surface area contributed by atoms with Crippen LogP contribution in [0.5, 0.6) is 0 Å². The van der Waals surface area contributed by atoms with Crippen molar-refractivity contribution in [2.24, 2.45) is 0 Å². The molecule has 238 valence electrons. The first-order chi connectivity index (χ1) is 22.0. The van der Waals surface area contributed by atoms with Gasteiger partial charge < -0.3 is 15.1 Å². The molecule has 2 amide bonds. The third kappa shape index (κ3) is 8.09. The summed E-state index contributed by atoms with van der Waals surface area (Å²) in [6.07, 6.45) is -4.49. The fraction of sp³-hybridized carbons (Fsp3) is 0.270. The van der Waals surface area contributed by atoms with Crippen molar-refractivity contribution in [3.63, 3.8) is 0 Å². The molecule has 0 radical (unpaired) electrons. The lowest BCUT2D eigenvalue weighted by Gasteiger charge is -2.34. The zero-order valence-electron chi connectivity index (χ0n) is 26.3. The third-order valence-corrected chi connectivity index (χ3v) is 8.34. The van der Waals surface area contributed by atoms with E-state index in [0.29, 0.717) is 28.1 Å². The molecule has 0 spiro atoms. The summed E-state index contributed by atoms with van der Waals surface area (Å²) < 4.78 is 41.3. The van der Waals surface area contributed by atoms with Crippen LogP contribution in [0.15, 0.2) is 97.1 Å². The Labute approximate surface area is 267 Å². The molecular weight excluding hydrogens is 589 g/mol. The molecule has 5 rings (SSSR count). The van der Waals surface area contributed by atoms with E-state index >= 15 is 0 Å². The van der Waals surface area contributed by atoms with Crippen LogP contribution in [0.4, 0.5) is 24.5 Å². The summed E-state index contributed by atoms with van der Waals surface area (Å²) in [5.41, 5.74) is 4.78. The van der Waals surface area contributed by atoms with E-state index in [4.69, 9.17) is 0 Å². The largest absolute Gasteiger partial charge is 0.420 e. The summed E-state index contributed by atoms with van der Waals surface area (Å²) in [4.78, 5) is 32.1. The SMILES string of the molecule is CC(c1ccc(C(F)(F)F)cc1)=[N+](Cc1ccc(C)cc1)C(=O)c1ccccc1CC(=O)Nc1cccc(N2CCN(C)CC2)c1. The van der Waals surface area contributed by atoms with E-state index in [1.807, 2.05) is 55.5 Å². The first kappa shape index (κ1) is 32.6. The van der Waals surface area contributed by atoms with E-state index in [0.717, 1.165) is 55.1 Å². The Kier molecular flexibility index (Phi) is 10.0. The molecule has 1 fully saturated rings. The number of anilines is 2. The Morgan fingerprint density at radius 2 is 1.52 bits per heavy atom. The van der Waals surface area contributed by atoms with Gasteiger partial charge >= 0.3 is 12.1 Å². The predicted molar refractivity (Wildman–Crippen MR) is 176 cm³/mol. The van der Waals surface area contributed by atoms with Crippen LogP contribution in [0.25, 0.3) is 0 Å². The fourth-order valence-corrected chi connectivity index (χ4v) is 5.53. The van der Waals surface area contributed by atoms with Gasteiger partial charge in [-0.25, -0.2) is 4.79 Å². The minimum Gasteiger partial charge on any atom is -0.369 e. The minimum atomic E-state index is -4.46. The van der Waals surface area contributed by atoms with Crippen molar-refractivity contribution in [3.05, 3.63) is 130 Å². The second-order valence-corrected chi connectivity index (χ2v) is 11.8. The molecule has 0 aromatic heterocycles. The monoisotopic (exact) mass is 627 g/mol. The average molecular weight is 628 g/mol. The highest BCUT2D eigenvalue weighted by molar-refractivity contribution is 6.02. The molecule has 1 aliphatic rings. The molecule has 46 heavy (non-hydrogen) atoms. The smallest absolute Gasteiger partial charge is 0.369 e. The lowest BCUT2D eigenvalue weighted by molar-refractivity contribution is -0.445. The number of hydrogen-bond donors (Lipinski definition) is 1. The number of carbonyl (C=O) groups excluding carboxylic acids is 2. The normalized spacial score (nSPS) is 14.5. The topological polar surface area (TPSA) is 55.7 Å². The molecule has 1 N–H and O–H groups in total. The molecule has 1 heterocycles. The predicted octanol–water partition coefficient (Wildman–Crippen LogP) is 6.81. The van der Waals surface area contributed by atoms with Gasteiger partial charge in [0.15, 0.2) is 12.3 Å². The van der Waals surface area contributed by atoms with E-state index in [1.54, 1.807) is 35.8 Å². The van der Waals surface area contributed by atoms with Crippen LogP contribution in [-0.2, 0) is 23.9 Å². The van der Waals surface area contributed by atoms with Gasteiger partial charge in [0.2, 0.25) is 5.91 Å². The molecule has 4 aromatic carbocycles. The maximum absolute atomic E-state index is 14.2. The molecule has 1 saturated heterocycles. The van der Waals surface area contributed by atoms with Crippen molar-refractivity contribution >= 4 is 28.9 Å². The van der Waals surface area contributed by atoms with Crippen LogP contribution in [0.2, 0.25) is 0 Å². The van der Waals surface area contributed by atoms with Crippen LogP contribution in [0.1, 0.15) is 45.1 Å². The number of nitrogens with zero attached hydrogens (tertiary/aromatic N) is 3. The van der Waals surface area contributed by atoms with Crippen LogP contribution < -0.4 is 10.2 Å². The van der Waals surface area contributed by atoms with Gasteiger partial charge in [0.05, 0.1) is 17.5 Å². The summed E-state index contributed by atoms with van der Waals surface area (Å²) >= 11 is 0. The molecular formula is C37H38F3N4O2+. The summed E-state index contributed by atoms with van der Waals surface area (Å²) in [6.45, 7) is 7.64. The molecule has 9 heteroatoms. The number of piperazine rings is 1. The van der Waals surface area contributed by atoms with Crippen LogP contribution in [0.3, 0.4) is 0 Å². The zero-order valence-corrected chi connectivity index (χ0v) is 26.3. The van der Waals surface area contributed by atoms with Gasteiger partial charge in [0.1, 0.15) is 0 Å². The lowest BCUT2D eigenvalue weighted by atomic mass is 10.0. The minimum absolute atomic E-state index is 0.0294. The molecule has 0 unspecified atom stereocenters. The summed E-state index contributed by atoms with van der Waals surface area (Å²) in [5, 5.41) is 2.99. The third-order valence-electron chi connectivity index (χ3n) is 8.34. The lowest BCUT2D eigenvalue weighted by Crippen LogP contribution is -2.44. The second kappa shape index (κ2) is 14.1. The Balaban J connectivity index is 1.41. The van der Waals surface area contributed by atoms with Crippen LogP contribution >= 0.6 is 0 Å². The Bertz CT molecular complexity index is 1720. The molecule has 1 aliphatic heterocycles. The number of alkyl halides is 3. The molecule has 6 nitrogen and oxygen atoms in total. The van der Waals surface area contributed by atoms with Gasteiger partial charge in [0, 0.05) is 55.6 Å². The van der Waals surface area contributed by atoms with E-state index in [2.05, 4.69) is 22.2 Å².